The highest BCUT2D eigenvalue weighted by Gasteiger charge is 2.06. The maximum absolute atomic E-state index is 11.8. The number of hydrogen-bond donors (Lipinski definition) is 1. The van der Waals surface area contributed by atoms with Crippen molar-refractivity contribution in [2.45, 2.75) is 46.0 Å². The van der Waals surface area contributed by atoms with Gasteiger partial charge in [-0.15, -0.1) is 0 Å². The first-order valence-electron chi connectivity index (χ1n) is 9.50. The lowest BCUT2D eigenvalue weighted by Gasteiger charge is -2.21. The van der Waals surface area contributed by atoms with Crippen molar-refractivity contribution in [1.29, 1.82) is 0 Å². The number of esters is 1. The van der Waals surface area contributed by atoms with Gasteiger partial charge in [0.25, 0.3) is 0 Å². The largest absolute Gasteiger partial charge is 0.462 e. The molecule has 0 saturated heterocycles. The minimum absolute atomic E-state index is 0.315. The van der Waals surface area contributed by atoms with Crippen LogP contribution >= 0.6 is 0 Å². The minimum Gasteiger partial charge on any atom is -0.462 e. The van der Waals surface area contributed by atoms with Gasteiger partial charge in [0.15, 0.2) is 0 Å². The van der Waals surface area contributed by atoms with Crippen molar-refractivity contribution >= 4 is 11.7 Å². The number of carbonyl (C=O) groups is 1. The standard InChI is InChI=1S/C20H34N2O3/c1-3-5-12-22(13-6-4-2)14-17-24-15-7-16-25-20(23)18-8-10-19(21)11-9-18/h8-11H,3-7,12-17,21H2,1-2H3. The van der Waals surface area contributed by atoms with E-state index in [9.17, 15) is 4.79 Å². The summed E-state index contributed by atoms with van der Waals surface area (Å²) >= 11 is 0. The molecule has 0 saturated carbocycles. The van der Waals surface area contributed by atoms with Crippen LogP contribution in [0.4, 0.5) is 5.69 Å². The van der Waals surface area contributed by atoms with Gasteiger partial charge in [-0.05, 0) is 50.2 Å². The second-order valence-corrected chi connectivity index (χ2v) is 6.27. The van der Waals surface area contributed by atoms with Crippen LogP contribution in [0.3, 0.4) is 0 Å². The predicted molar refractivity (Wildman–Crippen MR) is 103 cm³/mol. The molecule has 1 aromatic carbocycles. The number of rotatable bonds is 14. The topological polar surface area (TPSA) is 64.8 Å². The molecule has 0 fully saturated rings. The van der Waals surface area contributed by atoms with E-state index in [1.165, 1.54) is 25.7 Å². The van der Waals surface area contributed by atoms with Crippen molar-refractivity contribution in [2.24, 2.45) is 0 Å². The van der Waals surface area contributed by atoms with Crippen molar-refractivity contribution in [3.05, 3.63) is 29.8 Å². The van der Waals surface area contributed by atoms with Crippen molar-refractivity contribution in [3.63, 3.8) is 0 Å². The molecule has 5 heteroatoms. The third-order valence-corrected chi connectivity index (χ3v) is 4.02. The summed E-state index contributed by atoms with van der Waals surface area (Å²) in [5.74, 6) is -0.315. The summed E-state index contributed by atoms with van der Waals surface area (Å²) in [4.78, 5) is 14.3. The van der Waals surface area contributed by atoms with Crippen LogP contribution in [-0.4, -0.2) is 50.3 Å². The molecule has 0 aromatic heterocycles. The lowest BCUT2D eigenvalue weighted by Crippen LogP contribution is -2.30. The van der Waals surface area contributed by atoms with Gasteiger partial charge in [-0.25, -0.2) is 4.79 Å². The molecule has 0 aliphatic carbocycles. The lowest BCUT2D eigenvalue weighted by atomic mass is 10.2. The maximum Gasteiger partial charge on any atom is 0.338 e. The average Bonchev–Trinajstić information content (AvgIpc) is 2.62. The molecular weight excluding hydrogens is 316 g/mol. The number of nitrogens with two attached hydrogens (primary N) is 1. The van der Waals surface area contributed by atoms with Crippen molar-refractivity contribution in [3.8, 4) is 0 Å². The molecule has 25 heavy (non-hydrogen) atoms. The molecule has 0 spiro atoms. The number of nitrogen functional groups attached to an aromatic ring is 1. The molecule has 0 heterocycles. The summed E-state index contributed by atoms with van der Waals surface area (Å²) < 4.78 is 10.9. The highest BCUT2D eigenvalue weighted by molar-refractivity contribution is 5.89. The molecule has 0 bridgehead atoms. The lowest BCUT2D eigenvalue weighted by molar-refractivity contribution is 0.0429. The van der Waals surface area contributed by atoms with Crippen LogP contribution in [0.2, 0.25) is 0 Å². The first-order valence-corrected chi connectivity index (χ1v) is 9.50. The highest BCUT2D eigenvalue weighted by atomic mass is 16.5. The minimum atomic E-state index is -0.315. The van der Waals surface area contributed by atoms with Crippen molar-refractivity contribution in [2.75, 3.05) is 45.2 Å². The molecule has 1 aromatic rings. The number of nitrogens with zero attached hydrogens (tertiary/aromatic N) is 1. The third-order valence-electron chi connectivity index (χ3n) is 4.02. The Kier molecular flexibility index (Phi) is 11.7. The third kappa shape index (κ3) is 10.1. The summed E-state index contributed by atoms with van der Waals surface area (Å²) in [6.07, 6.45) is 5.64. The number of unbranched alkanes of at least 4 members (excludes halogenated alkanes) is 2. The Morgan fingerprint density at radius 1 is 0.920 bits per heavy atom. The van der Waals surface area contributed by atoms with Crippen LogP contribution in [0, 0.1) is 0 Å². The first-order chi connectivity index (χ1) is 12.2. The smallest absolute Gasteiger partial charge is 0.338 e. The van der Waals surface area contributed by atoms with Crippen LogP contribution < -0.4 is 5.73 Å². The Balaban J connectivity index is 2.08. The average molecular weight is 351 g/mol. The molecule has 2 N–H and O–H groups in total. The number of benzene rings is 1. The molecule has 5 nitrogen and oxygen atoms in total. The van der Waals surface area contributed by atoms with E-state index in [1.54, 1.807) is 24.3 Å². The van der Waals surface area contributed by atoms with Crippen molar-refractivity contribution < 1.29 is 14.3 Å². The summed E-state index contributed by atoms with van der Waals surface area (Å²) in [6.45, 7) is 9.45. The van der Waals surface area contributed by atoms with E-state index in [0.717, 1.165) is 26.2 Å². The molecule has 1 rings (SSSR count). The van der Waals surface area contributed by atoms with Crippen molar-refractivity contribution in [1.82, 2.24) is 4.90 Å². The Hall–Kier alpha value is -1.59. The zero-order valence-corrected chi connectivity index (χ0v) is 15.8. The van der Waals surface area contributed by atoms with Gasteiger partial charge in [0, 0.05) is 25.3 Å². The summed E-state index contributed by atoms with van der Waals surface area (Å²) in [6, 6.07) is 6.75. The van der Waals surface area contributed by atoms with Gasteiger partial charge in [0.1, 0.15) is 0 Å². The van der Waals surface area contributed by atoms with Crippen LogP contribution in [0.1, 0.15) is 56.3 Å². The SMILES string of the molecule is CCCCN(CCCC)CCOCCCOC(=O)c1ccc(N)cc1. The van der Waals surface area contributed by atoms with E-state index in [0.29, 0.717) is 30.9 Å². The normalized spacial score (nSPS) is 11.0. The van der Waals surface area contributed by atoms with E-state index in [-0.39, 0.29) is 5.97 Å². The van der Waals surface area contributed by atoms with E-state index in [2.05, 4.69) is 18.7 Å². The van der Waals surface area contributed by atoms with Gasteiger partial charge in [-0.3, -0.25) is 0 Å². The monoisotopic (exact) mass is 350 g/mol. The number of carbonyl (C=O) groups excluding carboxylic acids is 1. The highest BCUT2D eigenvalue weighted by Crippen LogP contribution is 2.07. The Morgan fingerprint density at radius 3 is 2.16 bits per heavy atom. The fourth-order valence-electron chi connectivity index (χ4n) is 2.42. The van der Waals surface area contributed by atoms with Crippen LogP contribution in [-0.2, 0) is 9.47 Å². The van der Waals surface area contributed by atoms with E-state index in [4.69, 9.17) is 15.2 Å². The van der Waals surface area contributed by atoms with Gasteiger partial charge in [-0.2, -0.15) is 0 Å². The summed E-state index contributed by atoms with van der Waals surface area (Å²) in [5.41, 5.74) is 6.76. The van der Waals surface area contributed by atoms with E-state index in [1.807, 2.05) is 0 Å². The Bertz CT molecular complexity index is 455. The molecule has 0 radical (unpaired) electrons. The van der Waals surface area contributed by atoms with Gasteiger partial charge >= 0.3 is 5.97 Å². The van der Waals surface area contributed by atoms with E-state index < -0.39 is 0 Å². The number of hydrogen-bond acceptors (Lipinski definition) is 5. The quantitative estimate of drug-likeness (QED) is 0.315. The summed E-state index contributed by atoms with van der Waals surface area (Å²) in [5, 5.41) is 0. The molecule has 0 amide bonds. The number of anilines is 1. The van der Waals surface area contributed by atoms with Gasteiger partial charge in [0.2, 0.25) is 0 Å². The number of ether oxygens (including phenoxy) is 2. The predicted octanol–water partition coefficient (Wildman–Crippen LogP) is 3.73. The van der Waals surface area contributed by atoms with Gasteiger partial charge in [-0.1, -0.05) is 26.7 Å². The van der Waals surface area contributed by atoms with Crippen LogP contribution in [0.15, 0.2) is 24.3 Å². The first kappa shape index (κ1) is 21.5. The molecule has 0 unspecified atom stereocenters. The fraction of sp³-hybridized carbons (Fsp3) is 0.650. The summed E-state index contributed by atoms with van der Waals surface area (Å²) in [7, 11) is 0. The van der Waals surface area contributed by atoms with Crippen LogP contribution in [0.5, 0.6) is 0 Å². The van der Waals surface area contributed by atoms with E-state index >= 15 is 0 Å². The van der Waals surface area contributed by atoms with Gasteiger partial charge < -0.3 is 20.1 Å². The second-order valence-electron chi connectivity index (χ2n) is 6.27. The molecule has 142 valence electrons. The second kappa shape index (κ2) is 13.7. The fourth-order valence-corrected chi connectivity index (χ4v) is 2.42. The van der Waals surface area contributed by atoms with Crippen LogP contribution in [0.25, 0.3) is 0 Å². The Labute approximate surface area is 152 Å². The maximum atomic E-state index is 11.8. The molecule has 0 aliphatic heterocycles. The molecular formula is C20H34N2O3. The zero-order chi connectivity index (χ0) is 18.3. The molecule has 0 aliphatic rings. The zero-order valence-electron chi connectivity index (χ0n) is 15.8. The Morgan fingerprint density at radius 2 is 1.56 bits per heavy atom. The molecule has 0 atom stereocenters. The van der Waals surface area contributed by atoms with Gasteiger partial charge in [0.05, 0.1) is 18.8 Å².